The van der Waals surface area contributed by atoms with E-state index in [4.69, 9.17) is 5.73 Å². The van der Waals surface area contributed by atoms with Crippen LogP contribution in [0.15, 0.2) is 24.3 Å². The van der Waals surface area contributed by atoms with Gasteiger partial charge in [0.1, 0.15) is 0 Å². The number of anilines is 1. The lowest BCUT2D eigenvalue weighted by Crippen LogP contribution is -2.42. The summed E-state index contributed by atoms with van der Waals surface area (Å²) in [6, 6.07) is 7.26. The molecule has 0 atom stereocenters. The first-order valence-corrected chi connectivity index (χ1v) is 6.32. The number of carbonyl (C=O) groups excluding carboxylic acids is 1. The quantitative estimate of drug-likeness (QED) is 0.669. The summed E-state index contributed by atoms with van der Waals surface area (Å²) in [6.07, 6.45) is 1.54. The molecule has 0 saturated heterocycles. The van der Waals surface area contributed by atoms with E-state index in [1.54, 1.807) is 12.1 Å². The summed E-state index contributed by atoms with van der Waals surface area (Å²) in [4.78, 5) is 11.7. The zero-order valence-electron chi connectivity index (χ0n) is 11.1. The van der Waals surface area contributed by atoms with Crippen molar-refractivity contribution in [1.29, 1.82) is 0 Å². The molecular weight excluding hydrogens is 228 g/mol. The number of amides is 1. The Balaban J connectivity index is 2.47. The predicted octanol–water partition coefficient (Wildman–Crippen LogP) is 1.48. The molecule has 0 aliphatic heterocycles. The molecule has 0 heterocycles. The fourth-order valence-electron chi connectivity index (χ4n) is 1.71. The standard InChI is InChI=1S/C14H22N2O2/c1-3-14(18,4-2)10-16-13(17)9-11-6-5-7-12(15)8-11/h5-8,18H,3-4,9-10,15H2,1-2H3,(H,16,17). The zero-order chi connectivity index (χ0) is 13.6. The van der Waals surface area contributed by atoms with Gasteiger partial charge in [-0.25, -0.2) is 0 Å². The molecule has 1 rings (SSSR count). The third-order valence-electron chi connectivity index (χ3n) is 3.25. The summed E-state index contributed by atoms with van der Waals surface area (Å²) in [5.74, 6) is -0.0964. The van der Waals surface area contributed by atoms with Crippen molar-refractivity contribution in [2.75, 3.05) is 12.3 Å². The fraction of sp³-hybridized carbons (Fsp3) is 0.500. The van der Waals surface area contributed by atoms with Gasteiger partial charge in [0.25, 0.3) is 0 Å². The minimum absolute atomic E-state index is 0.0964. The number of nitrogen functional groups attached to an aromatic ring is 1. The fourth-order valence-corrected chi connectivity index (χ4v) is 1.71. The van der Waals surface area contributed by atoms with E-state index in [-0.39, 0.29) is 12.3 Å². The Bertz CT molecular complexity index is 401. The molecule has 0 spiro atoms. The van der Waals surface area contributed by atoms with Crippen LogP contribution in [0.1, 0.15) is 32.3 Å². The molecule has 1 amide bonds. The van der Waals surface area contributed by atoms with E-state index in [1.807, 2.05) is 26.0 Å². The third kappa shape index (κ3) is 4.37. The molecule has 0 aliphatic carbocycles. The summed E-state index contributed by atoms with van der Waals surface area (Å²) < 4.78 is 0. The summed E-state index contributed by atoms with van der Waals surface area (Å²) in [6.45, 7) is 4.11. The molecule has 0 aliphatic rings. The van der Waals surface area contributed by atoms with Crippen LogP contribution in [-0.2, 0) is 11.2 Å². The zero-order valence-corrected chi connectivity index (χ0v) is 11.1. The molecule has 0 fully saturated rings. The lowest BCUT2D eigenvalue weighted by atomic mass is 9.97. The highest BCUT2D eigenvalue weighted by Gasteiger charge is 2.22. The van der Waals surface area contributed by atoms with Crippen molar-refractivity contribution in [2.45, 2.75) is 38.7 Å². The van der Waals surface area contributed by atoms with Gasteiger partial charge in [0, 0.05) is 12.2 Å². The van der Waals surface area contributed by atoms with Gasteiger partial charge in [-0.3, -0.25) is 4.79 Å². The van der Waals surface area contributed by atoms with E-state index in [9.17, 15) is 9.90 Å². The maximum Gasteiger partial charge on any atom is 0.224 e. The topological polar surface area (TPSA) is 75.3 Å². The van der Waals surface area contributed by atoms with Crippen LogP contribution in [0.3, 0.4) is 0 Å². The number of hydrogen-bond donors (Lipinski definition) is 3. The first kappa shape index (κ1) is 14.5. The van der Waals surface area contributed by atoms with Crippen molar-refractivity contribution in [1.82, 2.24) is 5.32 Å². The Kier molecular flexibility index (Phi) is 5.16. The van der Waals surface area contributed by atoms with Gasteiger partial charge < -0.3 is 16.2 Å². The number of hydrogen-bond acceptors (Lipinski definition) is 3. The molecule has 0 radical (unpaired) electrons. The largest absolute Gasteiger partial charge is 0.399 e. The van der Waals surface area contributed by atoms with Crippen LogP contribution in [-0.4, -0.2) is 23.2 Å². The van der Waals surface area contributed by atoms with Crippen molar-refractivity contribution in [2.24, 2.45) is 0 Å². The number of nitrogens with one attached hydrogen (secondary N) is 1. The van der Waals surface area contributed by atoms with Crippen molar-refractivity contribution in [3.05, 3.63) is 29.8 Å². The van der Waals surface area contributed by atoms with Crippen LogP contribution in [0.4, 0.5) is 5.69 Å². The van der Waals surface area contributed by atoms with E-state index in [2.05, 4.69) is 5.32 Å². The molecule has 0 bridgehead atoms. The van der Waals surface area contributed by atoms with Crippen LogP contribution in [0.25, 0.3) is 0 Å². The maximum absolute atomic E-state index is 11.7. The van der Waals surface area contributed by atoms with Crippen molar-refractivity contribution in [3.63, 3.8) is 0 Å². The van der Waals surface area contributed by atoms with Crippen LogP contribution in [0.5, 0.6) is 0 Å². The van der Waals surface area contributed by atoms with Gasteiger partial charge in [-0.1, -0.05) is 26.0 Å². The van der Waals surface area contributed by atoms with Crippen LogP contribution in [0.2, 0.25) is 0 Å². The molecule has 4 heteroatoms. The first-order chi connectivity index (χ1) is 8.49. The third-order valence-corrected chi connectivity index (χ3v) is 3.25. The Morgan fingerprint density at radius 3 is 2.61 bits per heavy atom. The van der Waals surface area contributed by atoms with Gasteiger partial charge in [-0.05, 0) is 30.5 Å². The molecule has 0 aromatic heterocycles. The molecule has 1 aromatic carbocycles. The molecule has 4 N–H and O–H groups in total. The van der Waals surface area contributed by atoms with E-state index >= 15 is 0 Å². The molecule has 0 unspecified atom stereocenters. The molecular formula is C14H22N2O2. The van der Waals surface area contributed by atoms with E-state index in [0.29, 0.717) is 25.1 Å². The summed E-state index contributed by atoms with van der Waals surface area (Å²) >= 11 is 0. The van der Waals surface area contributed by atoms with Gasteiger partial charge in [0.15, 0.2) is 0 Å². The number of aliphatic hydroxyl groups is 1. The highest BCUT2D eigenvalue weighted by atomic mass is 16.3. The highest BCUT2D eigenvalue weighted by molar-refractivity contribution is 5.78. The average Bonchev–Trinajstić information content (AvgIpc) is 2.36. The Labute approximate surface area is 108 Å². The Morgan fingerprint density at radius 2 is 2.06 bits per heavy atom. The minimum atomic E-state index is -0.800. The van der Waals surface area contributed by atoms with Gasteiger partial charge in [0.2, 0.25) is 5.91 Å². The van der Waals surface area contributed by atoms with Gasteiger partial charge in [-0.15, -0.1) is 0 Å². The molecule has 100 valence electrons. The van der Waals surface area contributed by atoms with Crippen LogP contribution in [0, 0.1) is 0 Å². The van der Waals surface area contributed by atoms with Crippen LogP contribution < -0.4 is 11.1 Å². The molecule has 1 aromatic rings. The van der Waals surface area contributed by atoms with Gasteiger partial charge in [0.05, 0.1) is 12.0 Å². The summed E-state index contributed by atoms with van der Waals surface area (Å²) in [5, 5.41) is 12.8. The normalized spacial score (nSPS) is 11.3. The lowest BCUT2D eigenvalue weighted by molar-refractivity contribution is -0.121. The smallest absolute Gasteiger partial charge is 0.224 e. The van der Waals surface area contributed by atoms with Gasteiger partial charge in [-0.2, -0.15) is 0 Å². The first-order valence-electron chi connectivity index (χ1n) is 6.32. The van der Waals surface area contributed by atoms with E-state index < -0.39 is 5.60 Å². The SMILES string of the molecule is CCC(O)(CC)CNC(=O)Cc1cccc(N)c1. The average molecular weight is 250 g/mol. The van der Waals surface area contributed by atoms with Crippen LogP contribution >= 0.6 is 0 Å². The molecule has 18 heavy (non-hydrogen) atoms. The maximum atomic E-state index is 11.7. The minimum Gasteiger partial charge on any atom is -0.399 e. The molecule has 4 nitrogen and oxygen atoms in total. The highest BCUT2D eigenvalue weighted by Crippen LogP contribution is 2.13. The van der Waals surface area contributed by atoms with E-state index in [1.165, 1.54) is 0 Å². The van der Waals surface area contributed by atoms with Crippen molar-refractivity contribution in [3.8, 4) is 0 Å². The second kappa shape index (κ2) is 6.40. The number of carbonyl (C=O) groups is 1. The van der Waals surface area contributed by atoms with Crippen molar-refractivity contribution >= 4 is 11.6 Å². The van der Waals surface area contributed by atoms with E-state index in [0.717, 1.165) is 5.56 Å². The lowest BCUT2D eigenvalue weighted by Gasteiger charge is -2.25. The molecule has 0 saturated carbocycles. The number of nitrogens with two attached hydrogens (primary N) is 1. The Morgan fingerprint density at radius 1 is 1.39 bits per heavy atom. The van der Waals surface area contributed by atoms with Gasteiger partial charge >= 0.3 is 0 Å². The van der Waals surface area contributed by atoms with Crippen molar-refractivity contribution < 1.29 is 9.90 Å². The Hall–Kier alpha value is -1.55. The second-order valence-electron chi connectivity index (χ2n) is 4.63. The summed E-state index contributed by atoms with van der Waals surface area (Å²) in [7, 11) is 0. The number of rotatable bonds is 6. The monoisotopic (exact) mass is 250 g/mol. The predicted molar refractivity (Wildman–Crippen MR) is 73.1 cm³/mol. The second-order valence-corrected chi connectivity index (χ2v) is 4.63. The summed E-state index contributed by atoms with van der Waals surface area (Å²) in [5.41, 5.74) is 6.38. The number of benzene rings is 1.